The minimum atomic E-state index is 0.690. The first kappa shape index (κ1) is 13.4. The van der Waals surface area contributed by atoms with Gasteiger partial charge in [0.05, 0.1) is 18.9 Å². The summed E-state index contributed by atoms with van der Waals surface area (Å²) < 4.78 is 12.4. The number of nitrogens with two attached hydrogens (primary N) is 1. The standard InChI is InChI=1S/C15H15IN2O2/c16-12-8-10(17)2-4-13(12)18-11-3-5-14-15(9-11)20-7-1-6-19-14/h2-5,8-9,18H,1,6-7,17H2. The Morgan fingerprint density at radius 1 is 1.00 bits per heavy atom. The summed E-state index contributed by atoms with van der Waals surface area (Å²) in [5, 5.41) is 3.37. The average Bonchev–Trinajstić information content (AvgIpc) is 2.66. The lowest BCUT2D eigenvalue weighted by Gasteiger charge is -2.12. The summed E-state index contributed by atoms with van der Waals surface area (Å²) in [6.07, 6.45) is 0.910. The summed E-state index contributed by atoms with van der Waals surface area (Å²) in [6.45, 7) is 1.39. The van der Waals surface area contributed by atoms with Gasteiger partial charge in [-0.3, -0.25) is 0 Å². The molecule has 2 aromatic rings. The van der Waals surface area contributed by atoms with E-state index in [2.05, 4.69) is 27.9 Å². The molecule has 0 fully saturated rings. The van der Waals surface area contributed by atoms with Crippen LogP contribution in [0.1, 0.15) is 6.42 Å². The topological polar surface area (TPSA) is 56.5 Å². The number of nitrogen functional groups attached to an aromatic ring is 1. The van der Waals surface area contributed by atoms with E-state index in [0.29, 0.717) is 13.2 Å². The van der Waals surface area contributed by atoms with Gasteiger partial charge in [0.1, 0.15) is 0 Å². The monoisotopic (exact) mass is 382 g/mol. The van der Waals surface area contributed by atoms with Crippen molar-refractivity contribution in [2.45, 2.75) is 6.42 Å². The third kappa shape index (κ3) is 2.92. The van der Waals surface area contributed by atoms with Crippen LogP contribution in [-0.4, -0.2) is 13.2 Å². The summed E-state index contributed by atoms with van der Waals surface area (Å²) in [5.74, 6) is 1.60. The van der Waals surface area contributed by atoms with Crippen LogP contribution in [0.15, 0.2) is 36.4 Å². The summed E-state index contributed by atoms with van der Waals surface area (Å²) in [4.78, 5) is 0. The van der Waals surface area contributed by atoms with E-state index in [4.69, 9.17) is 15.2 Å². The molecule has 0 saturated carbocycles. The molecule has 0 radical (unpaired) electrons. The first-order chi connectivity index (χ1) is 9.72. The van der Waals surface area contributed by atoms with Gasteiger partial charge in [-0.25, -0.2) is 0 Å². The number of halogens is 1. The highest BCUT2D eigenvalue weighted by molar-refractivity contribution is 14.1. The quantitative estimate of drug-likeness (QED) is 0.613. The molecule has 0 amide bonds. The van der Waals surface area contributed by atoms with Gasteiger partial charge in [-0.2, -0.15) is 0 Å². The predicted octanol–water partition coefficient (Wildman–Crippen LogP) is 3.78. The van der Waals surface area contributed by atoms with Crippen molar-refractivity contribution in [3.05, 3.63) is 40.0 Å². The molecule has 5 heteroatoms. The highest BCUT2D eigenvalue weighted by Crippen LogP contribution is 2.34. The van der Waals surface area contributed by atoms with Crippen molar-refractivity contribution >= 4 is 39.7 Å². The number of fused-ring (bicyclic) bond motifs is 1. The second-order valence-corrected chi connectivity index (χ2v) is 5.74. The van der Waals surface area contributed by atoms with E-state index in [1.165, 1.54) is 0 Å². The third-order valence-corrected chi connectivity index (χ3v) is 3.91. The van der Waals surface area contributed by atoms with Crippen molar-refractivity contribution in [2.75, 3.05) is 24.3 Å². The molecule has 0 atom stereocenters. The summed E-state index contributed by atoms with van der Waals surface area (Å²) in [6, 6.07) is 11.7. The number of rotatable bonds is 2. The predicted molar refractivity (Wildman–Crippen MR) is 88.9 cm³/mol. The minimum Gasteiger partial charge on any atom is -0.490 e. The third-order valence-electron chi connectivity index (χ3n) is 3.02. The fourth-order valence-corrected chi connectivity index (χ4v) is 2.70. The molecule has 1 heterocycles. The van der Waals surface area contributed by atoms with Gasteiger partial charge in [-0.15, -0.1) is 0 Å². The number of hydrogen-bond acceptors (Lipinski definition) is 4. The van der Waals surface area contributed by atoms with E-state index in [9.17, 15) is 0 Å². The molecule has 1 aliphatic rings. The maximum Gasteiger partial charge on any atom is 0.163 e. The van der Waals surface area contributed by atoms with Crippen LogP contribution in [-0.2, 0) is 0 Å². The molecule has 0 spiro atoms. The zero-order valence-corrected chi connectivity index (χ0v) is 13.0. The van der Waals surface area contributed by atoms with Crippen molar-refractivity contribution in [1.82, 2.24) is 0 Å². The highest BCUT2D eigenvalue weighted by atomic mass is 127. The fraction of sp³-hybridized carbons (Fsp3) is 0.200. The van der Waals surface area contributed by atoms with Gasteiger partial charge >= 0.3 is 0 Å². The van der Waals surface area contributed by atoms with E-state index in [1.54, 1.807) is 0 Å². The Morgan fingerprint density at radius 2 is 1.80 bits per heavy atom. The Labute approximate surface area is 131 Å². The van der Waals surface area contributed by atoms with E-state index >= 15 is 0 Å². The zero-order valence-electron chi connectivity index (χ0n) is 10.9. The Morgan fingerprint density at radius 3 is 2.60 bits per heavy atom. The second-order valence-electron chi connectivity index (χ2n) is 4.58. The van der Waals surface area contributed by atoms with E-state index in [1.807, 2.05) is 36.4 Å². The molecule has 0 unspecified atom stereocenters. The van der Waals surface area contributed by atoms with Gasteiger partial charge in [0.25, 0.3) is 0 Å². The lowest BCUT2D eigenvalue weighted by molar-refractivity contribution is 0.297. The number of ether oxygens (including phenoxy) is 2. The molecule has 4 nitrogen and oxygen atoms in total. The minimum absolute atomic E-state index is 0.690. The highest BCUT2D eigenvalue weighted by Gasteiger charge is 2.11. The van der Waals surface area contributed by atoms with Gasteiger partial charge < -0.3 is 20.5 Å². The lowest BCUT2D eigenvalue weighted by Crippen LogP contribution is -1.97. The molecule has 0 aliphatic carbocycles. The average molecular weight is 382 g/mol. The van der Waals surface area contributed by atoms with Crippen LogP contribution < -0.4 is 20.5 Å². The van der Waals surface area contributed by atoms with Gasteiger partial charge in [-0.05, 0) is 52.9 Å². The first-order valence-corrected chi connectivity index (χ1v) is 7.52. The SMILES string of the molecule is Nc1ccc(Nc2ccc3c(c2)OCCCO3)c(I)c1. The van der Waals surface area contributed by atoms with Crippen LogP contribution in [0.3, 0.4) is 0 Å². The molecule has 0 saturated heterocycles. The molecule has 0 aromatic heterocycles. The second kappa shape index (κ2) is 5.78. The van der Waals surface area contributed by atoms with Crippen molar-refractivity contribution in [3.63, 3.8) is 0 Å². The smallest absolute Gasteiger partial charge is 0.163 e. The summed E-state index contributed by atoms with van der Waals surface area (Å²) in [5.41, 5.74) is 8.51. The molecule has 20 heavy (non-hydrogen) atoms. The van der Waals surface area contributed by atoms with Crippen molar-refractivity contribution in [1.29, 1.82) is 0 Å². The van der Waals surface area contributed by atoms with Crippen LogP contribution in [0.4, 0.5) is 17.1 Å². The van der Waals surface area contributed by atoms with Gasteiger partial charge in [0.15, 0.2) is 11.5 Å². The lowest BCUT2D eigenvalue weighted by atomic mass is 10.2. The van der Waals surface area contributed by atoms with Gasteiger partial charge in [0, 0.05) is 27.4 Å². The Bertz CT molecular complexity index is 631. The van der Waals surface area contributed by atoms with E-state index in [-0.39, 0.29) is 0 Å². The van der Waals surface area contributed by atoms with Crippen LogP contribution in [0, 0.1) is 3.57 Å². The number of anilines is 3. The fourth-order valence-electron chi connectivity index (χ4n) is 2.03. The van der Waals surface area contributed by atoms with Crippen molar-refractivity contribution in [2.24, 2.45) is 0 Å². The van der Waals surface area contributed by atoms with Crippen LogP contribution in [0.5, 0.6) is 11.5 Å². The van der Waals surface area contributed by atoms with E-state index in [0.717, 1.165) is 38.6 Å². The number of hydrogen-bond donors (Lipinski definition) is 2. The molecule has 3 rings (SSSR count). The van der Waals surface area contributed by atoms with Crippen molar-refractivity contribution < 1.29 is 9.47 Å². The maximum atomic E-state index is 5.76. The van der Waals surface area contributed by atoms with E-state index < -0.39 is 0 Å². The normalized spacial score (nSPS) is 13.7. The molecule has 1 aliphatic heterocycles. The first-order valence-electron chi connectivity index (χ1n) is 6.44. The Hall–Kier alpha value is -1.63. The van der Waals surface area contributed by atoms with Gasteiger partial charge in [-0.1, -0.05) is 0 Å². The molecular weight excluding hydrogens is 367 g/mol. The van der Waals surface area contributed by atoms with Crippen LogP contribution in [0.25, 0.3) is 0 Å². The summed E-state index contributed by atoms with van der Waals surface area (Å²) in [7, 11) is 0. The molecule has 0 bridgehead atoms. The Balaban J connectivity index is 1.86. The van der Waals surface area contributed by atoms with Crippen LogP contribution >= 0.6 is 22.6 Å². The van der Waals surface area contributed by atoms with Crippen molar-refractivity contribution in [3.8, 4) is 11.5 Å². The molecule has 104 valence electrons. The van der Waals surface area contributed by atoms with Gasteiger partial charge in [0.2, 0.25) is 0 Å². The molecular formula is C15H15IN2O2. The largest absolute Gasteiger partial charge is 0.490 e. The maximum absolute atomic E-state index is 5.76. The van der Waals surface area contributed by atoms with Crippen LogP contribution in [0.2, 0.25) is 0 Å². The molecule has 2 aromatic carbocycles. The summed E-state index contributed by atoms with van der Waals surface area (Å²) >= 11 is 2.26. The molecule has 3 N–H and O–H groups in total. The number of benzene rings is 2. The zero-order chi connectivity index (χ0) is 13.9. The number of nitrogens with one attached hydrogen (secondary N) is 1. The Kier molecular flexibility index (Phi) is 3.86.